The minimum absolute atomic E-state index is 0.222. The molecule has 4 saturated carbocycles. The zero-order valence-electron chi connectivity index (χ0n) is 11.5. The average molecular weight is 250 g/mol. The highest BCUT2D eigenvalue weighted by atomic mass is 16.1. The first-order valence-electron chi connectivity index (χ1n) is 7.60. The summed E-state index contributed by atoms with van der Waals surface area (Å²) < 4.78 is 0. The summed E-state index contributed by atoms with van der Waals surface area (Å²) in [6, 6.07) is 0. The van der Waals surface area contributed by atoms with Crippen LogP contribution in [-0.2, 0) is 4.79 Å². The van der Waals surface area contributed by atoms with Gasteiger partial charge >= 0.3 is 0 Å². The predicted octanol–water partition coefficient (Wildman–Crippen LogP) is 1.93. The molecular weight excluding hydrogens is 224 g/mol. The van der Waals surface area contributed by atoms with E-state index in [9.17, 15) is 4.79 Å². The maximum atomic E-state index is 11.7. The molecule has 0 unspecified atom stereocenters. The van der Waals surface area contributed by atoms with Gasteiger partial charge in [-0.3, -0.25) is 4.79 Å². The Morgan fingerprint density at radius 1 is 1.11 bits per heavy atom. The largest absolute Gasteiger partial charge is 0.356 e. The lowest BCUT2D eigenvalue weighted by Gasteiger charge is -2.56. The highest BCUT2D eigenvalue weighted by molar-refractivity contribution is 5.76. The van der Waals surface area contributed by atoms with E-state index in [1.165, 1.54) is 38.5 Å². The van der Waals surface area contributed by atoms with Crippen LogP contribution in [0.25, 0.3) is 0 Å². The monoisotopic (exact) mass is 250 g/mol. The first-order chi connectivity index (χ1) is 8.69. The molecule has 0 radical (unpaired) electrons. The molecule has 0 aliphatic heterocycles. The second kappa shape index (κ2) is 4.84. The van der Waals surface area contributed by atoms with E-state index in [1.54, 1.807) is 0 Å². The molecule has 4 bridgehead atoms. The number of nitrogens with one attached hydrogen (secondary N) is 2. The third kappa shape index (κ3) is 2.42. The fourth-order valence-electron chi connectivity index (χ4n) is 5.12. The number of carbonyl (C=O) groups is 1. The van der Waals surface area contributed by atoms with Crippen LogP contribution in [0.15, 0.2) is 0 Å². The van der Waals surface area contributed by atoms with E-state index in [4.69, 9.17) is 0 Å². The molecule has 0 saturated heterocycles. The first kappa shape index (κ1) is 12.5. The minimum atomic E-state index is 0.222. The van der Waals surface area contributed by atoms with E-state index < -0.39 is 0 Å². The smallest absolute Gasteiger partial charge is 0.221 e. The van der Waals surface area contributed by atoms with Crippen molar-refractivity contribution in [3.05, 3.63) is 0 Å². The lowest BCUT2D eigenvalue weighted by molar-refractivity contribution is -0.123. The van der Waals surface area contributed by atoms with E-state index in [-0.39, 0.29) is 5.91 Å². The molecule has 4 rings (SSSR count). The predicted molar refractivity (Wildman–Crippen MR) is 72.2 cm³/mol. The normalized spacial score (nSPS) is 41.1. The Morgan fingerprint density at radius 3 is 2.17 bits per heavy atom. The van der Waals surface area contributed by atoms with Gasteiger partial charge in [0.1, 0.15) is 0 Å². The lowest BCUT2D eigenvalue weighted by atomic mass is 9.49. The van der Waals surface area contributed by atoms with Gasteiger partial charge in [0.05, 0.1) is 0 Å². The van der Waals surface area contributed by atoms with Crippen molar-refractivity contribution in [3.8, 4) is 0 Å². The Kier molecular flexibility index (Phi) is 3.35. The number of amides is 1. The summed E-state index contributed by atoms with van der Waals surface area (Å²) in [4.78, 5) is 11.7. The number of hydrogen-bond donors (Lipinski definition) is 2. The molecule has 4 aliphatic carbocycles. The highest BCUT2D eigenvalue weighted by Gasteiger charge is 2.50. The molecule has 0 aromatic rings. The van der Waals surface area contributed by atoms with Crippen LogP contribution in [0.2, 0.25) is 0 Å². The van der Waals surface area contributed by atoms with Crippen molar-refractivity contribution in [1.82, 2.24) is 10.6 Å². The SMILES string of the molecule is CNCCC(=O)NCC12CC3CC(CC(C3)C1)C2. The summed E-state index contributed by atoms with van der Waals surface area (Å²) in [5.41, 5.74) is 0.476. The molecule has 0 spiro atoms. The molecule has 2 N–H and O–H groups in total. The lowest BCUT2D eigenvalue weighted by Crippen LogP contribution is -2.51. The molecule has 102 valence electrons. The molecule has 4 fully saturated rings. The topological polar surface area (TPSA) is 41.1 Å². The summed E-state index contributed by atoms with van der Waals surface area (Å²) in [5.74, 6) is 3.15. The molecule has 0 atom stereocenters. The number of hydrogen-bond acceptors (Lipinski definition) is 2. The van der Waals surface area contributed by atoms with Crippen molar-refractivity contribution in [2.45, 2.75) is 44.9 Å². The summed E-state index contributed by atoms with van der Waals surface area (Å²) in [6.45, 7) is 1.73. The highest BCUT2D eigenvalue weighted by Crippen LogP contribution is 2.59. The molecule has 18 heavy (non-hydrogen) atoms. The van der Waals surface area contributed by atoms with Crippen LogP contribution in [0.1, 0.15) is 44.9 Å². The number of carbonyl (C=O) groups excluding carboxylic acids is 1. The summed E-state index contributed by atoms with van der Waals surface area (Å²) in [5, 5.41) is 6.23. The number of rotatable bonds is 5. The van der Waals surface area contributed by atoms with Gasteiger partial charge < -0.3 is 10.6 Å². The maximum Gasteiger partial charge on any atom is 0.221 e. The second-order valence-electron chi connectivity index (χ2n) is 7.05. The summed E-state index contributed by atoms with van der Waals surface area (Å²) >= 11 is 0. The Morgan fingerprint density at radius 2 is 1.67 bits per heavy atom. The van der Waals surface area contributed by atoms with Gasteiger partial charge in [0.2, 0.25) is 5.91 Å². The molecule has 4 aliphatic rings. The van der Waals surface area contributed by atoms with Crippen LogP contribution in [0, 0.1) is 23.2 Å². The Labute approximate surface area is 110 Å². The zero-order valence-corrected chi connectivity index (χ0v) is 11.5. The van der Waals surface area contributed by atoms with Crippen molar-refractivity contribution in [2.24, 2.45) is 23.2 Å². The van der Waals surface area contributed by atoms with E-state index >= 15 is 0 Å². The molecule has 0 aromatic heterocycles. The van der Waals surface area contributed by atoms with Gasteiger partial charge in [0.25, 0.3) is 0 Å². The van der Waals surface area contributed by atoms with Crippen molar-refractivity contribution < 1.29 is 4.79 Å². The van der Waals surface area contributed by atoms with Crippen LogP contribution in [0.5, 0.6) is 0 Å². The molecule has 0 heterocycles. The van der Waals surface area contributed by atoms with Gasteiger partial charge in [-0.2, -0.15) is 0 Å². The van der Waals surface area contributed by atoms with Gasteiger partial charge in [-0.25, -0.2) is 0 Å². The van der Waals surface area contributed by atoms with Crippen molar-refractivity contribution in [1.29, 1.82) is 0 Å². The maximum absolute atomic E-state index is 11.7. The standard InChI is InChI=1S/C15H26N2O/c1-16-3-2-14(18)17-10-15-7-11-4-12(8-15)6-13(5-11)9-15/h11-13,16H,2-10H2,1H3,(H,17,18). The van der Waals surface area contributed by atoms with Gasteiger partial charge in [-0.15, -0.1) is 0 Å². The molecule has 3 nitrogen and oxygen atoms in total. The van der Waals surface area contributed by atoms with Gasteiger partial charge in [-0.1, -0.05) is 0 Å². The van der Waals surface area contributed by atoms with Gasteiger partial charge in [-0.05, 0) is 68.7 Å². The molecule has 0 aromatic carbocycles. The second-order valence-corrected chi connectivity index (χ2v) is 7.05. The Balaban J connectivity index is 1.54. The van der Waals surface area contributed by atoms with Crippen molar-refractivity contribution in [3.63, 3.8) is 0 Å². The van der Waals surface area contributed by atoms with Crippen LogP contribution in [0.3, 0.4) is 0 Å². The fourth-order valence-corrected chi connectivity index (χ4v) is 5.12. The summed E-state index contributed by atoms with van der Waals surface area (Å²) in [7, 11) is 1.90. The first-order valence-corrected chi connectivity index (χ1v) is 7.60. The third-order valence-electron chi connectivity index (χ3n) is 5.43. The molecule has 3 heteroatoms. The van der Waals surface area contributed by atoms with Gasteiger partial charge in [0.15, 0.2) is 0 Å². The third-order valence-corrected chi connectivity index (χ3v) is 5.43. The average Bonchev–Trinajstić information content (AvgIpc) is 2.32. The van der Waals surface area contributed by atoms with Crippen LogP contribution in [0.4, 0.5) is 0 Å². The van der Waals surface area contributed by atoms with E-state index in [0.29, 0.717) is 11.8 Å². The fraction of sp³-hybridized carbons (Fsp3) is 0.933. The van der Waals surface area contributed by atoms with Gasteiger partial charge in [0, 0.05) is 19.5 Å². The van der Waals surface area contributed by atoms with Crippen LogP contribution >= 0.6 is 0 Å². The van der Waals surface area contributed by atoms with Crippen LogP contribution in [-0.4, -0.2) is 26.0 Å². The van der Waals surface area contributed by atoms with E-state index in [2.05, 4.69) is 10.6 Å². The van der Waals surface area contributed by atoms with E-state index in [0.717, 1.165) is 30.8 Å². The van der Waals surface area contributed by atoms with Crippen molar-refractivity contribution in [2.75, 3.05) is 20.1 Å². The van der Waals surface area contributed by atoms with Crippen molar-refractivity contribution >= 4 is 5.91 Å². The zero-order chi connectivity index (χ0) is 12.6. The quantitative estimate of drug-likeness (QED) is 0.783. The van der Waals surface area contributed by atoms with Crippen LogP contribution < -0.4 is 10.6 Å². The Bertz CT molecular complexity index is 291. The molecule has 1 amide bonds. The summed E-state index contributed by atoms with van der Waals surface area (Å²) in [6.07, 6.45) is 9.19. The molecular formula is C15H26N2O. The Hall–Kier alpha value is -0.570. The van der Waals surface area contributed by atoms with E-state index in [1.807, 2.05) is 7.05 Å². The minimum Gasteiger partial charge on any atom is -0.356 e.